The molecule has 3 aliphatic rings. The average Bonchev–Trinajstić information content (AvgIpc) is 2.89. The molecule has 2 aliphatic heterocycles. The molecule has 1 aromatic rings. The second-order valence-corrected chi connectivity index (χ2v) is 6.97. The number of ether oxygens (including phenoxy) is 2. The van der Waals surface area contributed by atoms with Crippen molar-refractivity contribution in [3.8, 4) is 5.75 Å². The molecule has 0 saturated carbocycles. The van der Waals surface area contributed by atoms with Crippen molar-refractivity contribution in [2.45, 2.75) is 45.6 Å². The number of fused-ring (bicyclic) bond motifs is 1. The van der Waals surface area contributed by atoms with Gasteiger partial charge >= 0.3 is 0 Å². The molecule has 25 heavy (non-hydrogen) atoms. The molecule has 3 nitrogen and oxygen atoms in total. The molecule has 4 rings (SSSR count). The summed E-state index contributed by atoms with van der Waals surface area (Å²) in [6.07, 6.45) is 7.04. The molecule has 0 aromatic heterocycles. The fraction of sp³-hybridized carbons (Fsp3) is 0.429. The molecule has 0 spiro atoms. The molecule has 1 aliphatic carbocycles. The van der Waals surface area contributed by atoms with Crippen LogP contribution in [0.25, 0.3) is 0 Å². The molecular weight excluding hydrogens is 334 g/mol. The lowest BCUT2D eigenvalue weighted by Crippen LogP contribution is -2.17. The van der Waals surface area contributed by atoms with Crippen LogP contribution in [-0.2, 0) is 4.74 Å². The van der Waals surface area contributed by atoms with Crippen molar-refractivity contribution < 1.29 is 9.47 Å². The number of benzene rings is 1. The fourth-order valence-electron chi connectivity index (χ4n) is 4.17. The third kappa shape index (κ3) is 3.30. The van der Waals surface area contributed by atoms with Crippen molar-refractivity contribution in [2.24, 2.45) is 0 Å². The first-order valence-electron chi connectivity index (χ1n) is 8.86. The minimum absolute atomic E-state index is 0. The molecule has 1 atom stereocenters. The third-order valence-corrected chi connectivity index (χ3v) is 5.28. The molecule has 1 aromatic carbocycles. The summed E-state index contributed by atoms with van der Waals surface area (Å²) in [5.74, 6) is 2.14. The lowest BCUT2D eigenvalue weighted by Gasteiger charge is -2.21. The van der Waals surface area contributed by atoms with E-state index in [1.807, 2.05) is 12.1 Å². The maximum Gasteiger partial charge on any atom is 0.119 e. The highest BCUT2D eigenvalue weighted by atomic mass is 35.5. The topological polar surface area (TPSA) is 21.7 Å². The van der Waals surface area contributed by atoms with Gasteiger partial charge in [-0.25, -0.2) is 0 Å². The average molecular weight is 360 g/mol. The molecule has 0 bridgehead atoms. The van der Waals surface area contributed by atoms with E-state index in [2.05, 4.69) is 37.1 Å². The van der Waals surface area contributed by atoms with Gasteiger partial charge in [0, 0.05) is 36.8 Å². The molecule has 0 fully saturated rings. The van der Waals surface area contributed by atoms with Crippen molar-refractivity contribution >= 4 is 18.1 Å². The van der Waals surface area contributed by atoms with Gasteiger partial charge in [0.05, 0.1) is 13.2 Å². The zero-order chi connectivity index (χ0) is 16.7. The van der Waals surface area contributed by atoms with Crippen LogP contribution in [0.1, 0.15) is 39.5 Å². The first kappa shape index (κ1) is 17.9. The molecule has 0 N–H and O–H groups in total. The normalized spacial score (nSPS) is 22.4. The van der Waals surface area contributed by atoms with Gasteiger partial charge < -0.3 is 14.4 Å². The lowest BCUT2D eigenvalue weighted by atomic mass is 9.84. The van der Waals surface area contributed by atoms with Crippen LogP contribution >= 0.6 is 12.4 Å². The van der Waals surface area contributed by atoms with Crippen LogP contribution in [0.5, 0.6) is 5.75 Å². The summed E-state index contributed by atoms with van der Waals surface area (Å²) in [6.45, 7) is 5.45. The highest BCUT2D eigenvalue weighted by Crippen LogP contribution is 2.44. The van der Waals surface area contributed by atoms with E-state index >= 15 is 0 Å². The van der Waals surface area contributed by atoms with E-state index in [-0.39, 0.29) is 12.4 Å². The minimum atomic E-state index is 0. The highest BCUT2D eigenvalue weighted by molar-refractivity contribution is 5.85. The Labute approximate surface area is 156 Å². The smallest absolute Gasteiger partial charge is 0.119 e. The van der Waals surface area contributed by atoms with Crippen molar-refractivity contribution in [1.29, 1.82) is 0 Å². The van der Waals surface area contributed by atoms with Gasteiger partial charge in [0.25, 0.3) is 0 Å². The fourth-order valence-corrected chi connectivity index (χ4v) is 4.17. The van der Waals surface area contributed by atoms with E-state index in [1.165, 1.54) is 28.2 Å². The Morgan fingerprint density at radius 2 is 1.88 bits per heavy atom. The standard InChI is InChI=1S/C21H25NO2.ClH/c1-14-13-22(17-5-7-18(23-3)8-6-17)11-10-16-4-9-20-19(21(14)16)12-15(2)24-20;/h5-8,13,15H,4,9-12H2,1-3H3;1H. The maximum absolute atomic E-state index is 6.03. The van der Waals surface area contributed by atoms with E-state index in [1.54, 1.807) is 12.7 Å². The van der Waals surface area contributed by atoms with Crippen molar-refractivity contribution in [3.05, 3.63) is 58.5 Å². The van der Waals surface area contributed by atoms with E-state index in [0.717, 1.165) is 38.0 Å². The van der Waals surface area contributed by atoms with Crippen LogP contribution in [0.3, 0.4) is 0 Å². The largest absolute Gasteiger partial charge is 0.497 e. The summed E-state index contributed by atoms with van der Waals surface area (Å²) in [6, 6.07) is 8.34. The number of anilines is 1. The van der Waals surface area contributed by atoms with Crippen LogP contribution in [0, 0.1) is 0 Å². The summed E-state index contributed by atoms with van der Waals surface area (Å²) in [4.78, 5) is 2.37. The monoisotopic (exact) mass is 359 g/mol. The Kier molecular flexibility index (Phi) is 5.14. The van der Waals surface area contributed by atoms with Gasteiger partial charge in [0.15, 0.2) is 0 Å². The number of halogens is 1. The number of rotatable bonds is 2. The predicted octanol–water partition coefficient (Wildman–Crippen LogP) is 5.38. The Morgan fingerprint density at radius 1 is 1.12 bits per heavy atom. The third-order valence-electron chi connectivity index (χ3n) is 5.28. The minimum Gasteiger partial charge on any atom is -0.497 e. The van der Waals surface area contributed by atoms with Gasteiger partial charge in [0.2, 0.25) is 0 Å². The van der Waals surface area contributed by atoms with E-state index in [4.69, 9.17) is 9.47 Å². The van der Waals surface area contributed by atoms with Crippen LogP contribution in [-0.4, -0.2) is 19.8 Å². The Hall–Kier alpha value is -1.87. The zero-order valence-electron chi connectivity index (χ0n) is 15.2. The number of hydrogen-bond donors (Lipinski definition) is 0. The Bertz CT molecular complexity index is 746. The first-order chi connectivity index (χ1) is 11.7. The summed E-state index contributed by atoms with van der Waals surface area (Å²) in [7, 11) is 1.71. The molecule has 0 saturated heterocycles. The van der Waals surface area contributed by atoms with Gasteiger partial charge in [-0.05, 0) is 62.1 Å². The molecule has 0 amide bonds. The van der Waals surface area contributed by atoms with Crippen LogP contribution < -0.4 is 9.64 Å². The van der Waals surface area contributed by atoms with E-state index in [0.29, 0.717) is 6.10 Å². The van der Waals surface area contributed by atoms with Crippen LogP contribution in [0.4, 0.5) is 5.69 Å². The molecule has 1 unspecified atom stereocenters. The quantitative estimate of drug-likeness (QED) is 0.707. The van der Waals surface area contributed by atoms with Crippen molar-refractivity contribution in [2.75, 3.05) is 18.6 Å². The van der Waals surface area contributed by atoms with Crippen LogP contribution in [0.15, 0.2) is 58.5 Å². The van der Waals surface area contributed by atoms with Crippen molar-refractivity contribution in [1.82, 2.24) is 0 Å². The summed E-state index contributed by atoms with van der Waals surface area (Å²) in [5.41, 5.74) is 7.14. The Balaban J connectivity index is 0.00000182. The summed E-state index contributed by atoms with van der Waals surface area (Å²) in [5, 5.41) is 0. The maximum atomic E-state index is 6.03. The van der Waals surface area contributed by atoms with E-state index in [9.17, 15) is 0 Å². The lowest BCUT2D eigenvalue weighted by molar-refractivity contribution is 0.153. The second-order valence-electron chi connectivity index (χ2n) is 6.97. The summed E-state index contributed by atoms with van der Waals surface area (Å²) < 4.78 is 11.3. The molecule has 4 heteroatoms. The van der Waals surface area contributed by atoms with Gasteiger partial charge in [0.1, 0.15) is 11.5 Å². The van der Waals surface area contributed by atoms with Crippen molar-refractivity contribution in [3.63, 3.8) is 0 Å². The number of nitrogens with zero attached hydrogens (tertiary/aromatic N) is 1. The number of methoxy groups -OCH3 is 1. The second kappa shape index (κ2) is 7.17. The Morgan fingerprint density at radius 3 is 2.60 bits per heavy atom. The molecule has 0 radical (unpaired) electrons. The SMILES string of the molecule is COc1ccc(N2C=C(C)C3=C(CCC4=C3CC(C)O4)CC2)cc1.Cl. The first-order valence-corrected chi connectivity index (χ1v) is 8.86. The highest BCUT2D eigenvalue weighted by Gasteiger charge is 2.31. The predicted molar refractivity (Wildman–Crippen MR) is 104 cm³/mol. The number of allylic oxidation sites excluding steroid dienone is 3. The molecule has 134 valence electrons. The van der Waals surface area contributed by atoms with E-state index < -0.39 is 0 Å². The summed E-state index contributed by atoms with van der Waals surface area (Å²) >= 11 is 0. The zero-order valence-corrected chi connectivity index (χ0v) is 16.0. The van der Waals surface area contributed by atoms with Crippen LogP contribution in [0.2, 0.25) is 0 Å². The number of hydrogen-bond acceptors (Lipinski definition) is 3. The van der Waals surface area contributed by atoms with Gasteiger partial charge in [-0.2, -0.15) is 0 Å². The van der Waals surface area contributed by atoms with Gasteiger partial charge in [-0.1, -0.05) is 5.57 Å². The van der Waals surface area contributed by atoms with Gasteiger partial charge in [-0.3, -0.25) is 0 Å². The molecule has 2 heterocycles. The van der Waals surface area contributed by atoms with Gasteiger partial charge in [-0.15, -0.1) is 12.4 Å². The molecular formula is C21H26ClNO2.